The van der Waals surface area contributed by atoms with Gasteiger partial charge >= 0.3 is 13.9 Å². The number of aliphatic hydroxyl groups is 1. The minimum atomic E-state index is -4.73. The number of benzene rings is 1. The number of para-hydroxylation sites is 1. The number of amides is 1. The van der Waals surface area contributed by atoms with E-state index in [1.807, 2.05) is 6.92 Å². The van der Waals surface area contributed by atoms with Crippen LogP contribution in [0.4, 0.5) is 10.5 Å². The van der Waals surface area contributed by atoms with E-state index in [4.69, 9.17) is 19.6 Å². The largest absolute Gasteiger partial charge is 0.524 e. The van der Waals surface area contributed by atoms with Crippen molar-refractivity contribution in [2.45, 2.75) is 38.9 Å². The van der Waals surface area contributed by atoms with Crippen molar-refractivity contribution in [3.05, 3.63) is 53.9 Å². The SMILES string of the molecule is CC(O)[Si](C)(C)C.O=Cc1ncccc1NC(=O)OCc1ccccc1OP(=O)(O)O. The highest BCUT2D eigenvalue weighted by Gasteiger charge is 2.19. The topological polar surface area (TPSA) is 155 Å². The summed E-state index contributed by atoms with van der Waals surface area (Å²) in [5.41, 5.74) is 0.419. The van der Waals surface area contributed by atoms with E-state index in [0.717, 1.165) is 0 Å². The van der Waals surface area contributed by atoms with E-state index in [-0.39, 0.29) is 35.0 Å². The van der Waals surface area contributed by atoms with Gasteiger partial charge in [-0.05, 0) is 25.1 Å². The lowest BCUT2D eigenvalue weighted by molar-refractivity contribution is 0.111. The molecule has 1 atom stereocenters. The third-order valence-electron chi connectivity index (χ3n) is 3.99. The second kappa shape index (κ2) is 11.7. The lowest BCUT2D eigenvalue weighted by atomic mass is 10.2. The van der Waals surface area contributed by atoms with Crippen molar-refractivity contribution in [1.29, 1.82) is 0 Å². The lowest BCUT2D eigenvalue weighted by Crippen LogP contribution is -2.35. The predicted molar refractivity (Wildman–Crippen MR) is 118 cm³/mol. The molecular formula is C19H27N2O8PSi. The van der Waals surface area contributed by atoms with E-state index in [9.17, 15) is 14.2 Å². The summed E-state index contributed by atoms with van der Waals surface area (Å²) in [7, 11) is -5.91. The summed E-state index contributed by atoms with van der Waals surface area (Å²) in [5, 5.41) is 11.3. The fourth-order valence-electron chi connectivity index (χ4n) is 1.75. The van der Waals surface area contributed by atoms with E-state index in [0.29, 0.717) is 6.29 Å². The number of aromatic nitrogens is 1. The third-order valence-corrected chi connectivity index (χ3v) is 6.93. The molecule has 1 heterocycles. The molecule has 1 aromatic heterocycles. The average Bonchev–Trinajstić information content (AvgIpc) is 2.66. The number of aliphatic hydroxyl groups excluding tert-OH is 1. The zero-order valence-electron chi connectivity index (χ0n) is 17.7. The van der Waals surface area contributed by atoms with Crippen LogP contribution in [0.5, 0.6) is 5.75 Å². The number of carbonyl (C=O) groups excluding carboxylic acids is 2. The maximum absolute atomic E-state index is 11.8. The number of phosphoric ester groups is 1. The number of nitrogens with zero attached hydrogens (tertiary/aromatic N) is 1. The molecule has 31 heavy (non-hydrogen) atoms. The molecule has 1 unspecified atom stereocenters. The number of phosphoric acid groups is 1. The Kier molecular flexibility index (Phi) is 10.0. The van der Waals surface area contributed by atoms with E-state index in [2.05, 4.69) is 34.5 Å². The van der Waals surface area contributed by atoms with Crippen LogP contribution >= 0.6 is 7.82 Å². The summed E-state index contributed by atoms with van der Waals surface area (Å²) in [4.78, 5) is 44.1. The number of anilines is 1. The normalized spacial score (nSPS) is 12.1. The molecule has 0 fully saturated rings. The molecule has 0 aliphatic carbocycles. The first-order valence-corrected chi connectivity index (χ1v) is 14.3. The van der Waals surface area contributed by atoms with Crippen molar-refractivity contribution < 1.29 is 38.3 Å². The molecule has 2 rings (SSSR count). The smallest absolute Gasteiger partial charge is 0.444 e. The first-order valence-electron chi connectivity index (χ1n) is 9.18. The zero-order chi connectivity index (χ0) is 23.7. The van der Waals surface area contributed by atoms with E-state index in [1.54, 1.807) is 6.07 Å². The van der Waals surface area contributed by atoms with Gasteiger partial charge in [-0.2, -0.15) is 0 Å². The molecule has 0 aliphatic rings. The first kappa shape index (κ1) is 26.5. The molecule has 2 aromatic rings. The monoisotopic (exact) mass is 470 g/mol. The molecule has 10 nitrogen and oxygen atoms in total. The van der Waals surface area contributed by atoms with E-state index >= 15 is 0 Å². The first-order chi connectivity index (χ1) is 14.3. The van der Waals surface area contributed by atoms with Gasteiger partial charge in [-0.1, -0.05) is 37.8 Å². The molecule has 170 valence electrons. The average molecular weight is 470 g/mol. The molecule has 0 saturated carbocycles. The van der Waals surface area contributed by atoms with E-state index < -0.39 is 22.0 Å². The van der Waals surface area contributed by atoms with Crippen LogP contribution in [0, 0.1) is 0 Å². The standard InChI is InChI=1S/C14H13N2O7P.C5H14OSi/c17-8-12-11(5-3-7-15-12)16-14(18)22-9-10-4-1-2-6-13(10)23-24(19,20)21;1-5(6)7(2,3)4/h1-8H,9H2,(H,16,18)(H2,19,20,21);5-6H,1-4H3. The second-order valence-electron chi connectivity index (χ2n) is 7.49. The van der Waals surface area contributed by atoms with Gasteiger partial charge in [0.1, 0.15) is 18.1 Å². The summed E-state index contributed by atoms with van der Waals surface area (Å²) in [6.07, 6.45) is 1.02. The Morgan fingerprint density at radius 1 is 1.23 bits per heavy atom. The summed E-state index contributed by atoms with van der Waals surface area (Å²) >= 11 is 0. The number of rotatable bonds is 7. The van der Waals surface area contributed by atoms with Crippen LogP contribution in [0.3, 0.4) is 0 Å². The van der Waals surface area contributed by atoms with Crippen molar-refractivity contribution in [1.82, 2.24) is 4.98 Å². The van der Waals surface area contributed by atoms with Crippen LogP contribution in [0.1, 0.15) is 23.0 Å². The maximum Gasteiger partial charge on any atom is 0.524 e. The Morgan fingerprint density at radius 3 is 2.39 bits per heavy atom. The van der Waals surface area contributed by atoms with Crippen LogP contribution in [-0.2, 0) is 15.9 Å². The quantitative estimate of drug-likeness (QED) is 0.271. The summed E-state index contributed by atoms with van der Waals surface area (Å²) in [5.74, 6) is -0.103. The fraction of sp³-hybridized carbons (Fsp3) is 0.316. The maximum atomic E-state index is 11.8. The summed E-state index contributed by atoms with van der Waals surface area (Å²) < 4.78 is 20.4. The van der Waals surface area contributed by atoms with Gasteiger partial charge in [0.15, 0.2) is 6.29 Å². The van der Waals surface area contributed by atoms with Gasteiger partial charge in [0.25, 0.3) is 0 Å². The van der Waals surface area contributed by atoms with Gasteiger partial charge in [0, 0.05) is 17.5 Å². The Labute approximate surface area is 181 Å². The van der Waals surface area contributed by atoms with Crippen molar-refractivity contribution in [2.75, 3.05) is 5.32 Å². The van der Waals surface area contributed by atoms with Gasteiger partial charge in [0.05, 0.1) is 13.8 Å². The number of nitrogens with one attached hydrogen (secondary N) is 1. The van der Waals surface area contributed by atoms with Gasteiger partial charge in [-0.3, -0.25) is 24.9 Å². The van der Waals surface area contributed by atoms with Crippen molar-refractivity contribution in [2.24, 2.45) is 0 Å². The lowest BCUT2D eigenvalue weighted by Gasteiger charge is -2.18. The molecular weight excluding hydrogens is 443 g/mol. The van der Waals surface area contributed by atoms with Crippen molar-refractivity contribution in [3.8, 4) is 5.75 Å². The predicted octanol–water partition coefficient (Wildman–Crippen LogP) is 3.36. The van der Waals surface area contributed by atoms with Crippen LogP contribution in [0.2, 0.25) is 19.6 Å². The molecule has 4 N–H and O–H groups in total. The van der Waals surface area contributed by atoms with Gasteiger partial charge in [-0.15, -0.1) is 0 Å². The molecule has 0 spiro atoms. The Morgan fingerprint density at radius 2 is 1.84 bits per heavy atom. The molecule has 0 bridgehead atoms. The Bertz CT molecular complexity index is 927. The highest BCUT2D eigenvalue weighted by atomic mass is 31.2. The zero-order valence-corrected chi connectivity index (χ0v) is 19.6. The van der Waals surface area contributed by atoms with Gasteiger partial charge < -0.3 is 14.4 Å². The van der Waals surface area contributed by atoms with Gasteiger partial charge in [0.2, 0.25) is 0 Å². The fourth-order valence-corrected chi connectivity index (χ4v) is 2.18. The van der Waals surface area contributed by atoms with Gasteiger partial charge in [-0.25, -0.2) is 9.36 Å². The number of hydrogen-bond acceptors (Lipinski definition) is 7. The molecule has 0 aliphatic heterocycles. The molecule has 1 aromatic carbocycles. The van der Waals surface area contributed by atoms with Crippen LogP contribution in [-0.4, -0.2) is 46.1 Å². The van der Waals surface area contributed by atoms with Crippen LogP contribution in [0.25, 0.3) is 0 Å². The Hall–Kier alpha value is -2.56. The highest BCUT2D eigenvalue weighted by Crippen LogP contribution is 2.39. The number of pyridine rings is 1. The van der Waals surface area contributed by atoms with E-state index in [1.165, 1.54) is 36.5 Å². The number of aldehydes is 1. The van der Waals surface area contributed by atoms with Crippen molar-refractivity contribution >= 4 is 34.0 Å². The van der Waals surface area contributed by atoms with Crippen LogP contribution < -0.4 is 9.84 Å². The van der Waals surface area contributed by atoms with Crippen LogP contribution in [0.15, 0.2) is 42.6 Å². The minimum Gasteiger partial charge on any atom is -0.444 e. The summed E-state index contributed by atoms with van der Waals surface area (Å²) in [6.45, 7) is 8.03. The Balaban J connectivity index is 0.000000592. The van der Waals surface area contributed by atoms with Crippen molar-refractivity contribution in [3.63, 3.8) is 0 Å². The minimum absolute atomic E-state index is 0.0414. The summed E-state index contributed by atoms with van der Waals surface area (Å²) in [6, 6.07) is 8.93. The molecule has 12 heteroatoms. The number of hydrogen-bond donors (Lipinski definition) is 4. The molecule has 1 amide bonds. The third kappa shape index (κ3) is 10.3. The highest BCUT2D eigenvalue weighted by molar-refractivity contribution is 7.46. The number of ether oxygens (including phenoxy) is 1. The number of carbonyl (C=O) groups is 2. The molecule has 0 saturated heterocycles. The second-order valence-corrected chi connectivity index (χ2v) is 14.2. The molecule has 0 radical (unpaired) electrons.